The molecule has 1 aliphatic rings. The number of hydrogen-bond acceptors (Lipinski definition) is 4. The van der Waals surface area contributed by atoms with Gasteiger partial charge in [-0.2, -0.15) is 5.10 Å². The largest absolute Gasteiger partial charge is 0.493 e. The molecule has 5 nitrogen and oxygen atoms in total. The first-order valence-electron chi connectivity index (χ1n) is 7.70. The number of carbonyl (C=O) groups excluding carboxylic acids is 1. The van der Waals surface area contributed by atoms with Crippen LogP contribution in [0.5, 0.6) is 5.75 Å². The number of aromatic nitrogens is 2. The minimum atomic E-state index is 0.0132. The van der Waals surface area contributed by atoms with Crippen molar-refractivity contribution < 1.29 is 9.53 Å². The molecule has 1 aromatic heterocycles. The van der Waals surface area contributed by atoms with E-state index in [2.05, 4.69) is 36.4 Å². The van der Waals surface area contributed by atoms with E-state index in [0.29, 0.717) is 18.3 Å². The molecule has 1 aromatic carbocycles. The van der Waals surface area contributed by atoms with Gasteiger partial charge in [-0.25, -0.2) is 0 Å². The molecule has 1 N–H and O–H groups in total. The molecular weight excluding hydrogens is 310 g/mol. The minimum absolute atomic E-state index is 0.0132. The highest BCUT2D eigenvalue weighted by molar-refractivity contribution is 8.00. The second-order valence-corrected chi connectivity index (χ2v) is 7.18. The van der Waals surface area contributed by atoms with E-state index in [1.807, 2.05) is 25.4 Å². The molecule has 0 aliphatic carbocycles. The first kappa shape index (κ1) is 15.9. The van der Waals surface area contributed by atoms with Crippen molar-refractivity contribution >= 4 is 23.5 Å². The van der Waals surface area contributed by atoms with Gasteiger partial charge in [-0.15, -0.1) is 11.8 Å². The number of anilines is 1. The van der Waals surface area contributed by atoms with Crippen LogP contribution in [0.3, 0.4) is 0 Å². The third-order valence-corrected chi connectivity index (χ3v) is 4.94. The number of hydrogen-bond donors (Lipinski definition) is 1. The molecule has 1 amide bonds. The van der Waals surface area contributed by atoms with Crippen molar-refractivity contribution in [1.82, 2.24) is 9.78 Å². The zero-order valence-corrected chi connectivity index (χ0v) is 14.4. The number of amides is 1. The Labute approximate surface area is 140 Å². The molecule has 0 saturated carbocycles. The van der Waals surface area contributed by atoms with Gasteiger partial charge in [0.15, 0.2) is 0 Å². The predicted molar refractivity (Wildman–Crippen MR) is 92.9 cm³/mol. The lowest BCUT2D eigenvalue weighted by molar-refractivity contribution is -0.113. The average molecular weight is 331 g/mol. The second-order valence-electron chi connectivity index (χ2n) is 6.09. The normalized spacial score (nSPS) is 17.6. The van der Waals surface area contributed by atoms with Crippen molar-refractivity contribution in [3.63, 3.8) is 0 Å². The first-order valence-corrected chi connectivity index (χ1v) is 8.75. The molecule has 0 unspecified atom stereocenters. The fraction of sp³-hybridized carbons (Fsp3) is 0.412. The standard InChI is InChI=1S/C17H21N3O2S/c1-11(2)9-22-13-6-4-12(5-7-13)16-14-8-18-20(3)17(14)19-15(21)10-23-16/h4-8,11,16H,9-10H2,1-3H3,(H,19,21)/t16-/m1/s1. The van der Waals surface area contributed by atoms with Crippen molar-refractivity contribution in [2.75, 3.05) is 17.7 Å². The summed E-state index contributed by atoms with van der Waals surface area (Å²) in [5.41, 5.74) is 2.19. The molecule has 0 bridgehead atoms. The van der Waals surface area contributed by atoms with Gasteiger partial charge < -0.3 is 10.1 Å². The highest BCUT2D eigenvalue weighted by Gasteiger charge is 2.26. The van der Waals surface area contributed by atoms with E-state index in [1.54, 1.807) is 16.4 Å². The van der Waals surface area contributed by atoms with E-state index in [4.69, 9.17) is 4.74 Å². The molecule has 0 radical (unpaired) electrons. The molecule has 3 rings (SSSR count). The SMILES string of the molecule is CC(C)COc1ccc([C@H]2SCC(=O)Nc3c2cnn3C)cc1. The Kier molecular flexibility index (Phi) is 4.61. The third kappa shape index (κ3) is 3.52. The number of nitrogens with one attached hydrogen (secondary N) is 1. The van der Waals surface area contributed by atoms with Crippen molar-refractivity contribution in [2.24, 2.45) is 13.0 Å². The summed E-state index contributed by atoms with van der Waals surface area (Å²) < 4.78 is 7.45. The maximum absolute atomic E-state index is 11.9. The predicted octanol–water partition coefficient (Wildman–Crippen LogP) is 3.23. The summed E-state index contributed by atoms with van der Waals surface area (Å²) in [6.07, 6.45) is 1.84. The van der Waals surface area contributed by atoms with Crippen molar-refractivity contribution in [1.29, 1.82) is 0 Å². The smallest absolute Gasteiger partial charge is 0.235 e. The van der Waals surface area contributed by atoms with Crippen LogP contribution in [0.1, 0.15) is 30.2 Å². The monoisotopic (exact) mass is 331 g/mol. The molecule has 23 heavy (non-hydrogen) atoms. The Bertz CT molecular complexity index is 694. The summed E-state index contributed by atoms with van der Waals surface area (Å²) in [5, 5.41) is 7.31. The molecule has 6 heteroatoms. The highest BCUT2D eigenvalue weighted by Crippen LogP contribution is 2.41. The summed E-state index contributed by atoms with van der Waals surface area (Å²) in [7, 11) is 1.84. The van der Waals surface area contributed by atoms with Crippen molar-refractivity contribution in [2.45, 2.75) is 19.1 Å². The first-order chi connectivity index (χ1) is 11.0. The molecule has 0 spiro atoms. The summed E-state index contributed by atoms with van der Waals surface area (Å²) >= 11 is 1.62. The van der Waals surface area contributed by atoms with Gasteiger partial charge in [0.2, 0.25) is 5.91 Å². The van der Waals surface area contributed by atoms with Gasteiger partial charge in [0, 0.05) is 12.6 Å². The zero-order valence-electron chi connectivity index (χ0n) is 13.6. The van der Waals surface area contributed by atoms with E-state index in [1.165, 1.54) is 0 Å². The maximum atomic E-state index is 11.9. The van der Waals surface area contributed by atoms with Gasteiger partial charge in [-0.1, -0.05) is 26.0 Å². The van der Waals surface area contributed by atoms with E-state index in [-0.39, 0.29) is 11.2 Å². The topological polar surface area (TPSA) is 56.1 Å². The number of nitrogens with zero attached hydrogens (tertiary/aromatic N) is 2. The van der Waals surface area contributed by atoms with E-state index in [9.17, 15) is 4.79 Å². The third-order valence-electron chi connectivity index (χ3n) is 3.65. The molecule has 1 atom stereocenters. The lowest BCUT2D eigenvalue weighted by Gasteiger charge is -2.15. The van der Waals surface area contributed by atoms with E-state index < -0.39 is 0 Å². The molecule has 2 aromatic rings. The number of fused-ring (bicyclic) bond motifs is 1. The van der Waals surface area contributed by atoms with Crippen molar-refractivity contribution in [3.05, 3.63) is 41.6 Å². The highest BCUT2D eigenvalue weighted by atomic mass is 32.2. The zero-order chi connectivity index (χ0) is 16.4. The lowest BCUT2D eigenvalue weighted by atomic mass is 10.1. The second kappa shape index (κ2) is 6.66. The Morgan fingerprint density at radius 1 is 1.39 bits per heavy atom. The fourth-order valence-corrected chi connectivity index (χ4v) is 3.59. The van der Waals surface area contributed by atoms with Gasteiger partial charge in [0.05, 0.1) is 23.8 Å². The van der Waals surface area contributed by atoms with Crippen LogP contribution in [-0.4, -0.2) is 28.0 Å². The summed E-state index contributed by atoms with van der Waals surface area (Å²) in [6, 6.07) is 8.13. The average Bonchev–Trinajstić information content (AvgIpc) is 2.79. The number of rotatable bonds is 4. The van der Waals surface area contributed by atoms with Crippen LogP contribution >= 0.6 is 11.8 Å². The van der Waals surface area contributed by atoms with Crippen LogP contribution in [-0.2, 0) is 11.8 Å². The van der Waals surface area contributed by atoms with Crippen LogP contribution < -0.4 is 10.1 Å². The molecule has 0 fully saturated rings. The maximum Gasteiger partial charge on any atom is 0.235 e. The quantitative estimate of drug-likeness (QED) is 0.934. The number of ether oxygens (including phenoxy) is 1. The molecule has 1 aliphatic heterocycles. The number of aryl methyl sites for hydroxylation is 1. The van der Waals surface area contributed by atoms with Crippen LogP contribution in [0.2, 0.25) is 0 Å². The Morgan fingerprint density at radius 2 is 2.13 bits per heavy atom. The Hall–Kier alpha value is -1.95. The van der Waals surface area contributed by atoms with Crippen molar-refractivity contribution in [3.8, 4) is 5.75 Å². The van der Waals surface area contributed by atoms with Crippen LogP contribution in [0.25, 0.3) is 0 Å². The van der Waals surface area contributed by atoms with E-state index >= 15 is 0 Å². The summed E-state index contributed by atoms with van der Waals surface area (Å²) in [5.74, 6) is 2.61. The molecule has 2 heterocycles. The number of thioether (sulfide) groups is 1. The van der Waals surface area contributed by atoms with Gasteiger partial charge in [-0.05, 0) is 23.6 Å². The van der Waals surface area contributed by atoms with Gasteiger partial charge >= 0.3 is 0 Å². The molecule has 122 valence electrons. The van der Waals surface area contributed by atoms with E-state index in [0.717, 1.165) is 22.7 Å². The summed E-state index contributed by atoms with van der Waals surface area (Å²) in [4.78, 5) is 11.9. The fourth-order valence-electron chi connectivity index (χ4n) is 2.49. The minimum Gasteiger partial charge on any atom is -0.493 e. The van der Waals surface area contributed by atoms with Crippen LogP contribution in [0.15, 0.2) is 30.5 Å². The van der Waals surface area contributed by atoms with Crippen LogP contribution in [0.4, 0.5) is 5.82 Å². The Morgan fingerprint density at radius 3 is 2.83 bits per heavy atom. The Balaban J connectivity index is 1.84. The number of benzene rings is 1. The number of carbonyl (C=O) groups is 1. The van der Waals surface area contributed by atoms with Crippen LogP contribution in [0, 0.1) is 5.92 Å². The van der Waals surface area contributed by atoms with Gasteiger partial charge in [0.25, 0.3) is 0 Å². The molecule has 0 saturated heterocycles. The van der Waals surface area contributed by atoms with Gasteiger partial charge in [0.1, 0.15) is 11.6 Å². The summed E-state index contributed by atoms with van der Waals surface area (Å²) in [6.45, 7) is 4.97. The lowest BCUT2D eigenvalue weighted by Crippen LogP contribution is -2.15. The molecular formula is C17H21N3O2S. The van der Waals surface area contributed by atoms with Gasteiger partial charge in [-0.3, -0.25) is 9.48 Å².